The maximum Gasteiger partial charge on any atom is 0.317 e. The quantitative estimate of drug-likeness (QED) is 0.587. The molecular weight excluding hydrogens is 210 g/mol. The van der Waals surface area contributed by atoms with Crippen molar-refractivity contribution in [2.24, 2.45) is 0 Å². The normalized spacial score (nSPS) is 12.7. The molecule has 0 fully saturated rings. The number of carboxylic acid groups (broad SMARTS) is 2. The van der Waals surface area contributed by atoms with E-state index in [1.165, 1.54) is 4.90 Å². The molecule has 0 saturated carbocycles. The van der Waals surface area contributed by atoms with E-state index in [4.69, 9.17) is 10.2 Å². The summed E-state index contributed by atoms with van der Waals surface area (Å²) in [7, 11) is 0. The highest BCUT2D eigenvalue weighted by atomic mass is 16.4. The van der Waals surface area contributed by atoms with Crippen molar-refractivity contribution in [3.8, 4) is 0 Å². The van der Waals surface area contributed by atoms with Gasteiger partial charge in [-0.2, -0.15) is 0 Å². The molecular formula is C11H21NO4. The van der Waals surface area contributed by atoms with Gasteiger partial charge in [0.15, 0.2) is 0 Å². The number of rotatable bonds is 9. The van der Waals surface area contributed by atoms with Crippen LogP contribution in [0.5, 0.6) is 0 Å². The Balaban J connectivity index is 4.14. The molecule has 0 amide bonds. The van der Waals surface area contributed by atoms with Crippen LogP contribution in [0.4, 0.5) is 0 Å². The summed E-state index contributed by atoms with van der Waals surface area (Å²) < 4.78 is 0. The Labute approximate surface area is 96.1 Å². The molecule has 0 radical (unpaired) electrons. The van der Waals surface area contributed by atoms with Crippen LogP contribution in [0.3, 0.4) is 0 Å². The lowest BCUT2D eigenvalue weighted by atomic mass is 10.1. The van der Waals surface area contributed by atoms with Gasteiger partial charge in [0, 0.05) is 6.04 Å². The van der Waals surface area contributed by atoms with Crippen LogP contribution in [0.25, 0.3) is 0 Å². The molecule has 0 aliphatic heterocycles. The molecule has 0 saturated heterocycles. The SMILES string of the molecule is CCCCCC(C)N(CC(=O)O)CC(=O)O. The molecule has 0 aromatic heterocycles. The number of hydrogen-bond acceptors (Lipinski definition) is 3. The predicted molar refractivity (Wildman–Crippen MR) is 60.4 cm³/mol. The summed E-state index contributed by atoms with van der Waals surface area (Å²) in [4.78, 5) is 22.7. The van der Waals surface area contributed by atoms with E-state index in [0.29, 0.717) is 0 Å². The Morgan fingerprint density at radius 2 is 1.62 bits per heavy atom. The Morgan fingerprint density at radius 3 is 2.00 bits per heavy atom. The molecule has 0 aromatic rings. The average Bonchev–Trinajstić information content (AvgIpc) is 2.15. The van der Waals surface area contributed by atoms with E-state index in [9.17, 15) is 9.59 Å². The summed E-state index contributed by atoms with van der Waals surface area (Å²) in [5, 5.41) is 17.4. The third kappa shape index (κ3) is 7.23. The van der Waals surface area contributed by atoms with Gasteiger partial charge in [-0.25, -0.2) is 0 Å². The van der Waals surface area contributed by atoms with Crippen molar-refractivity contribution in [2.75, 3.05) is 13.1 Å². The summed E-state index contributed by atoms with van der Waals surface area (Å²) in [5.41, 5.74) is 0. The zero-order chi connectivity index (χ0) is 12.6. The number of unbranched alkanes of at least 4 members (excludes halogenated alkanes) is 2. The van der Waals surface area contributed by atoms with Crippen LogP contribution in [0.2, 0.25) is 0 Å². The lowest BCUT2D eigenvalue weighted by Crippen LogP contribution is -2.40. The lowest BCUT2D eigenvalue weighted by molar-refractivity contribution is -0.142. The smallest absolute Gasteiger partial charge is 0.317 e. The Bertz CT molecular complexity index is 214. The van der Waals surface area contributed by atoms with E-state index in [0.717, 1.165) is 25.7 Å². The van der Waals surface area contributed by atoms with Crippen LogP contribution >= 0.6 is 0 Å². The van der Waals surface area contributed by atoms with Crippen molar-refractivity contribution >= 4 is 11.9 Å². The fourth-order valence-electron chi connectivity index (χ4n) is 1.59. The molecule has 0 aliphatic carbocycles. The minimum Gasteiger partial charge on any atom is -0.480 e. The maximum atomic E-state index is 10.6. The lowest BCUT2D eigenvalue weighted by Gasteiger charge is -2.25. The highest BCUT2D eigenvalue weighted by molar-refractivity contribution is 5.72. The summed E-state index contributed by atoms with van der Waals surface area (Å²) in [5.74, 6) is -1.97. The van der Waals surface area contributed by atoms with Crippen LogP contribution in [0.15, 0.2) is 0 Å². The van der Waals surface area contributed by atoms with Gasteiger partial charge in [0.1, 0.15) is 0 Å². The molecule has 0 spiro atoms. The topological polar surface area (TPSA) is 77.8 Å². The summed E-state index contributed by atoms with van der Waals surface area (Å²) in [6.07, 6.45) is 4.05. The molecule has 5 heteroatoms. The molecule has 0 heterocycles. The van der Waals surface area contributed by atoms with Crippen molar-refractivity contribution in [3.05, 3.63) is 0 Å². The number of hydrogen-bond donors (Lipinski definition) is 2. The minimum atomic E-state index is -0.983. The van der Waals surface area contributed by atoms with Gasteiger partial charge in [-0.3, -0.25) is 14.5 Å². The zero-order valence-corrected chi connectivity index (χ0v) is 9.98. The first-order chi connectivity index (χ1) is 7.47. The van der Waals surface area contributed by atoms with E-state index in [2.05, 4.69) is 6.92 Å². The Morgan fingerprint density at radius 1 is 1.12 bits per heavy atom. The van der Waals surface area contributed by atoms with Crippen LogP contribution < -0.4 is 0 Å². The molecule has 0 aromatic carbocycles. The average molecular weight is 231 g/mol. The van der Waals surface area contributed by atoms with Gasteiger partial charge >= 0.3 is 11.9 Å². The van der Waals surface area contributed by atoms with Crippen LogP contribution in [0, 0.1) is 0 Å². The zero-order valence-electron chi connectivity index (χ0n) is 9.98. The van der Waals surface area contributed by atoms with E-state index < -0.39 is 11.9 Å². The number of carboxylic acids is 2. The molecule has 5 nitrogen and oxygen atoms in total. The second-order valence-electron chi connectivity index (χ2n) is 4.04. The predicted octanol–water partition coefficient (Wildman–Crippen LogP) is 1.43. The number of nitrogens with zero attached hydrogens (tertiary/aromatic N) is 1. The van der Waals surface area contributed by atoms with E-state index in [1.807, 2.05) is 6.92 Å². The van der Waals surface area contributed by atoms with Gasteiger partial charge in [-0.15, -0.1) is 0 Å². The second-order valence-corrected chi connectivity index (χ2v) is 4.04. The van der Waals surface area contributed by atoms with E-state index in [1.54, 1.807) is 0 Å². The van der Waals surface area contributed by atoms with Crippen molar-refractivity contribution in [2.45, 2.75) is 45.6 Å². The number of aliphatic carboxylic acids is 2. The van der Waals surface area contributed by atoms with Crippen LogP contribution in [-0.2, 0) is 9.59 Å². The standard InChI is InChI=1S/C11H21NO4/c1-3-4-5-6-9(2)12(7-10(13)14)8-11(15)16/h9H,3-8H2,1-2H3,(H,13,14)(H,15,16). The maximum absolute atomic E-state index is 10.6. The van der Waals surface area contributed by atoms with Gasteiger partial charge in [-0.05, 0) is 13.3 Å². The highest BCUT2D eigenvalue weighted by Gasteiger charge is 2.18. The highest BCUT2D eigenvalue weighted by Crippen LogP contribution is 2.09. The summed E-state index contributed by atoms with van der Waals surface area (Å²) >= 11 is 0. The van der Waals surface area contributed by atoms with Gasteiger partial charge in [-0.1, -0.05) is 26.2 Å². The van der Waals surface area contributed by atoms with Gasteiger partial charge in [0.05, 0.1) is 13.1 Å². The van der Waals surface area contributed by atoms with E-state index in [-0.39, 0.29) is 19.1 Å². The summed E-state index contributed by atoms with van der Waals surface area (Å²) in [6, 6.07) is -0.00116. The molecule has 1 atom stereocenters. The molecule has 1 unspecified atom stereocenters. The molecule has 0 rings (SSSR count). The fourth-order valence-corrected chi connectivity index (χ4v) is 1.59. The fraction of sp³-hybridized carbons (Fsp3) is 0.818. The molecule has 16 heavy (non-hydrogen) atoms. The van der Waals surface area contributed by atoms with Crippen LogP contribution in [-0.4, -0.2) is 46.2 Å². The Hall–Kier alpha value is -1.10. The first-order valence-corrected chi connectivity index (χ1v) is 5.65. The Kier molecular flexibility index (Phi) is 7.54. The van der Waals surface area contributed by atoms with Gasteiger partial charge < -0.3 is 10.2 Å². The molecule has 0 aliphatic rings. The minimum absolute atomic E-state index is 0.00116. The molecule has 94 valence electrons. The second kappa shape index (κ2) is 8.10. The third-order valence-electron chi connectivity index (χ3n) is 2.53. The first kappa shape index (κ1) is 14.9. The molecule has 0 bridgehead atoms. The van der Waals surface area contributed by atoms with Crippen molar-refractivity contribution in [3.63, 3.8) is 0 Å². The van der Waals surface area contributed by atoms with Gasteiger partial charge in [0.2, 0.25) is 0 Å². The largest absolute Gasteiger partial charge is 0.480 e. The van der Waals surface area contributed by atoms with Crippen molar-refractivity contribution in [1.29, 1.82) is 0 Å². The number of carbonyl (C=O) groups is 2. The van der Waals surface area contributed by atoms with Crippen molar-refractivity contribution in [1.82, 2.24) is 4.90 Å². The molecule has 2 N–H and O–H groups in total. The van der Waals surface area contributed by atoms with Gasteiger partial charge in [0.25, 0.3) is 0 Å². The third-order valence-corrected chi connectivity index (χ3v) is 2.53. The first-order valence-electron chi connectivity index (χ1n) is 5.65. The van der Waals surface area contributed by atoms with E-state index >= 15 is 0 Å². The van der Waals surface area contributed by atoms with Crippen molar-refractivity contribution < 1.29 is 19.8 Å². The summed E-state index contributed by atoms with van der Waals surface area (Å²) in [6.45, 7) is 3.55. The van der Waals surface area contributed by atoms with Crippen LogP contribution in [0.1, 0.15) is 39.5 Å². The monoisotopic (exact) mass is 231 g/mol.